The first-order valence-electron chi connectivity index (χ1n) is 18.4. The highest BCUT2D eigenvalue weighted by Gasteiger charge is 2.20. The molecule has 10 rings (SSSR count). The Morgan fingerprint density at radius 2 is 0.907 bits per heavy atom. The zero-order chi connectivity index (χ0) is 35.8. The molecule has 9 aromatic carbocycles. The van der Waals surface area contributed by atoms with Gasteiger partial charge in [-0.1, -0.05) is 158 Å². The van der Waals surface area contributed by atoms with Crippen LogP contribution in [0.1, 0.15) is 0 Å². The van der Waals surface area contributed by atoms with E-state index >= 15 is 0 Å². The maximum absolute atomic E-state index is 2.42. The molecule has 0 aliphatic rings. The van der Waals surface area contributed by atoms with Crippen molar-refractivity contribution in [3.63, 3.8) is 0 Å². The molecule has 0 N–H and O–H groups in total. The van der Waals surface area contributed by atoms with Crippen molar-refractivity contribution >= 4 is 59.3 Å². The van der Waals surface area contributed by atoms with Crippen molar-refractivity contribution in [2.45, 2.75) is 0 Å². The number of nitrogens with zero attached hydrogens (tertiary/aromatic N) is 1. The van der Waals surface area contributed by atoms with Gasteiger partial charge in [0.05, 0.1) is 5.69 Å². The highest BCUT2D eigenvalue weighted by molar-refractivity contribution is 7.26. The van der Waals surface area contributed by atoms with Gasteiger partial charge in [-0.05, 0) is 104 Å². The van der Waals surface area contributed by atoms with Crippen LogP contribution in [0.25, 0.3) is 75.5 Å². The molecule has 1 heterocycles. The van der Waals surface area contributed by atoms with Crippen LogP contribution in [-0.4, -0.2) is 0 Å². The summed E-state index contributed by atoms with van der Waals surface area (Å²) in [7, 11) is 0. The van der Waals surface area contributed by atoms with Crippen molar-refractivity contribution in [3.05, 3.63) is 212 Å². The summed E-state index contributed by atoms with van der Waals surface area (Å²) in [5.74, 6) is 0. The van der Waals surface area contributed by atoms with Gasteiger partial charge in [-0.15, -0.1) is 11.3 Å². The third-order valence-corrected chi connectivity index (χ3v) is 11.6. The van der Waals surface area contributed by atoms with Gasteiger partial charge in [0.15, 0.2) is 0 Å². The summed E-state index contributed by atoms with van der Waals surface area (Å²) >= 11 is 1.86. The molecule has 0 bridgehead atoms. The van der Waals surface area contributed by atoms with E-state index in [0.717, 1.165) is 17.1 Å². The molecule has 0 saturated carbocycles. The van der Waals surface area contributed by atoms with E-state index in [4.69, 9.17) is 0 Å². The van der Waals surface area contributed by atoms with Gasteiger partial charge in [0, 0.05) is 37.1 Å². The fraction of sp³-hybridized carbons (Fsp3) is 0. The van der Waals surface area contributed by atoms with E-state index in [1.165, 1.54) is 75.5 Å². The minimum atomic E-state index is 1.11. The number of hydrogen-bond acceptors (Lipinski definition) is 2. The molecule has 254 valence electrons. The number of fused-ring (bicyclic) bond motifs is 4. The Balaban J connectivity index is 1.14. The predicted octanol–water partition coefficient (Wildman–Crippen LogP) is 15.3. The summed E-state index contributed by atoms with van der Waals surface area (Å²) < 4.78 is 2.57. The Morgan fingerprint density at radius 3 is 1.74 bits per heavy atom. The molecule has 0 saturated heterocycles. The fourth-order valence-corrected chi connectivity index (χ4v) is 8.93. The van der Waals surface area contributed by atoms with E-state index in [1.807, 2.05) is 11.3 Å². The van der Waals surface area contributed by atoms with E-state index in [-0.39, 0.29) is 0 Å². The number of anilines is 3. The molecule has 1 aromatic heterocycles. The number of para-hydroxylation sites is 1. The summed E-state index contributed by atoms with van der Waals surface area (Å²) in [6.07, 6.45) is 0. The number of thiophene rings is 1. The average Bonchev–Trinajstić information content (AvgIpc) is 3.63. The molecule has 10 aromatic rings. The second-order valence-corrected chi connectivity index (χ2v) is 14.8. The van der Waals surface area contributed by atoms with Crippen LogP contribution in [0.3, 0.4) is 0 Å². The molecule has 0 amide bonds. The molecule has 0 spiro atoms. The quantitative estimate of drug-likeness (QED) is 0.160. The van der Waals surface area contributed by atoms with E-state index in [9.17, 15) is 0 Å². The smallest absolute Gasteiger partial charge is 0.0540 e. The number of rotatable bonds is 7. The van der Waals surface area contributed by atoms with Crippen molar-refractivity contribution in [3.8, 4) is 44.5 Å². The van der Waals surface area contributed by atoms with Crippen LogP contribution >= 0.6 is 11.3 Å². The minimum absolute atomic E-state index is 1.11. The Kier molecular flexibility index (Phi) is 8.09. The van der Waals surface area contributed by atoms with Crippen molar-refractivity contribution < 1.29 is 0 Å². The SMILES string of the molecule is c1ccc(-c2cccc(-c3cccc4sc5ccc(N(c6ccc(-c7ccc8ccccc8c7)cc6)c6ccccc6-c6ccccc6)cc5c34)c2)cc1. The van der Waals surface area contributed by atoms with Crippen LogP contribution in [0.2, 0.25) is 0 Å². The lowest BCUT2D eigenvalue weighted by Crippen LogP contribution is -2.11. The zero-order valence-electron chi connectivity index (χ0n) is 29.6. The van der Waals surface area contributed by atoms with Gasteiger partial charge in [0.1, 0.15) is 0 Å². The lowest BCUT2D eigenvalue weighted by atomic mass is 9.95. The third kappa shape index (κ3) is 5.84. The normalized spacial score (nSPS) is 11.3. The summed E-state index contributed by atoms with van der Waals surface area (Å²) in [5.41, 5.74) is 13.1. The molecule has 2 heteroatoms. The summed E-state index contributed by atoms with van der Waals surface area (Å²) in [4.78, 5) is 2.42. The fourth-order valence-electron chi connectivity index (χ4n) is 7.82. The lowest BCUT2D eigenvalue weighted by molar-refractivity contribution is 1.29. The van der Waals surface area contributed by atoms with Crippen molar-refractivity contribution in [2.75, 3.05) is 4.90 Å². The molecule has 0 unspecified atom stereocenters. The van der Waals surface area contributed by atoms with Crippen LogP contribution in [0.5, 0.6) is 0 Å². The monoisotopic (exact) mass is 705 g/mol. The van der Waals surface area contributed by atoms with E-state index in [1.54, 1.807) is 0 Å². The first kappa shape index (κ1) is 32.0. The molecule has 0 radical (unpaired) electrons. The highest BCUT2D eigenvalue weighted by atomic mass is 32.1. The number of benzene rings is 9. The zero-order valence-corrected chi connectivity index (χ0v) is 30.4. The van der Waals surface area contributed by atoms with Gasteiger partial charge in [0.2, 0.25) is 0 Å². The molecule has 0 fully saturated rings. The van der Waals surface area contributed by atoms with Crippen LogP contribution in [-0.2, 0) is 0 Å². The first-order valence-corrected chi connectivity index (χ1v) is 19.2. The molecular weight excluding hydrogens is 671 g/mol. The van der Waals surface area contributed by atoms with Crippen molar-refractivity contribution in [1.29, 1.82) is 0 Å². The molecular formula is C52H35NS. The Bertz CT molecular complexity index is 2920. The van der Waals surface area contributed by atoms with Crippen molar-refractivity contribution in [1.82, 2.24) is 0 Å². The van der Waals surface area contributed by atoms with Crippen LogP contribution in [0.4, 0.5) is 17.1 Å². The second-order valence-electron chi connectivity index (χ2n) is 13.7. The van der Waals surface area contributed by atoms with Crippen LogP contribution in [0.15, 0.2) is 212 Å². The third-order valence-electron chi connectivity index (χ3n) is 10.5. The highest BCUT2D eigenvalue weighted by Crippen LogP contribution is 2.46. The first-order chi connectivity index (χ1) is 26.8. The van der Waals surface area contributed by atoms with Gasteiger partial charge in [0.25, 0.3) is 0 Å². The van der Waals surface area contributed by atoms with Gasteiger partial charge in [-0.25, -0.2) is 0 Å². The molecule has 0 aliphatic heterocycles. The van der Waals surface area contributed by atoms with Gasteiger partial charge >= 0.3 is 0 Å². The van der Waals surface area contributed by atoms with Gasteiger partial charge in [-0.2, -0.15) is 0 Å². The molecule has 1 nitrogen and oxygen atoms in total. The minimum Gasteiger partial charge on any atom is -0.310 e. The van der Waals surface area contributed by atoms with Crippen molar-refractivity contribution in [2.24, 2.45) is 0 Å². The van der Waals surface area contributed by atoms with Gasteiger partial charge < -0.3 is 4.90 Å². The maximum atomic E-state index is 2.42. The van der Waals surface area contributed by atoms with Gasteiger partial charge in [-0.3, -0.25) is 0 Å². The Hall–Kier alpha value is -6.74. The second kappa shape index (κ2) is 13.7. The largest absolute Gasteiger partial charge is 0.310 e. The van der Waals surface area contributed by atoms with Crippen LogP contribution in [0, 0.1) is 0 Å². The predicted molar refractivity (Wildman–Crippen MR) is 233 cm³/mol. The Morgan fingerprint density at radius 1 is 0.315 bits per heavy atom. The maximum Gasteiger partial charge on any atom is 0.0540 e. The lowest BCUT2D eigenvalue weighted by Gasteiger charge is -2.28. The molecule has 54 heavy (non-hydrogen) atoms. The van der Waals surface area contributed by atoms with E-state index < -0.39 is 0 Å². The topological polar surface area (TPSA) is 3.24 Å². The standard InChI is InChI=1S/C52H35NS/c1-3-13-36(14-4-1)41-19-11-20-43(34-41)47-22-12-24-51-52(47)48-35-45(31-32-50(48)54-51)53(49-23-10-9-21-46(49)39-16-5-2-6-17-39)44-29-27-38(28-30-44)42-26-25-37-15-7-8-18-40(37)33-42/h1-35H. The van der Waals surface area contributed by atoms with E-state index in [2.05, 4.69) is 217 Å². The molecule has 0 atom stereocenters. The number of hydrogen-bond donors (Lipinski definition) is 0. The summed E-state index contributed by atoms with van der Waals surface area (Å²) in [6.45, 7) is 0. The summed E-state index contributed by atoms with van der Waals surface area (Å²) in [5, 5.41) is 5.07. The summed E-state index contributed by atoms with van der Waals surface area (Å²) in [6, 6.07) is 77.2. The van der Waals surface area contributed by atoms with E-state index in [0.29, 0.717) is 0 Å². The molecule has 0 aliphatic carbocycles. The average molecular weight is 706 g/mol. The Labute approximate surface area is 319 Å². The van der Waals surface area contributed by atoms with Crippen LogP contribution < -0.4 is 4.90 Å².